The lowest BCUT2D eigenvalue weighted by atomic mass is 10.0. The molecule has 2 rings (SSSR count). The van der Waals surface area contributed by atoms with Crippen LogP contribution in [0.2, 0.25) is 5.02 Å². The van der Waals surface area contributed by atoms with E-state index in [1.807, 2.05) is 20.9 Å². The van der Waals surface area contributed by atoms with Crippen LogP contribution >= 0.6 is 23.8 Å². The molecule has 2 aromatic rings. The van der Waals surface area contributed by atoms with E-state index in [9.17, 15) is 9.59 Å². The van der Waals surface area contributed by atoms with Crippen LogP contribution in [0, 0.1) is 10.7 Å². The van der Waals surface area contributed by atoms with Crippen LogP contribution in [0.1, 0.15) is 30.0 Å². The van der Waals surface area contributed by atoms with Crippen molar-refractivity contribution in [2.45, 2.75) is 26.3 Å². The summed E-state index contributed by atoms with van der Waals surface area (Å²) in [6.45, 7) is 4.15. The summed E-state index contributed by atoms with van der Waals surface area (Å²) in [5.74, 6) is 0.137. The summed E-state index contributed by atoms with van der Waals surface area (Å²) < 4.78 is 2.28. The van der Waals surface area contributed by atoms with Crippen LogP contribution in [0.4, 0.5) is 0 Å². The van der Waals surface area contributed by atoms with Crippen molar-refractivity contribution in [2.75, 3.05) is 6.54 Å². The third-order valence-corrected chi connectivity index (χ3v) is 4.58. The maximum absolute atomic E-state index is 12.5. The molecule has 0 spiro atoms. The highest BCUT2D eigenvalue weighted by atomic mass is 35.5. The van der Waals surface area contributed by atoms with Gasteiger partial charge in [-0.3, -0.25) is 14.7 Å². The molecule has 0 aliphatic heterocycles. The molecule has 7 nitrogen and oxygen atoms in total. The van der Waals surface area contributed by atoms with E-state index in [0.717, 1.165) is 5.82 Å². The molecule has 1 aromatic heterocycles. The smallest absolute Gasteiger partial charge is 0.251 e. The Kier molecular flexibility index (Phi) is 6.93. The molecule has 3 N–H and O–H groups in total. The molecule has 1 unspecified atom stereocenters. The molecule has 0 saturated heterocycles. The van der Waals surface area contributed by atoms with Crippen LogP contribution in [-0.2, 0) is 18.3 Å². The number of aromatic amines is 1. The SMILES string of the molecule is CC(C)C(NC(=O)c1ccc(Cl)cc1)C(=O)NCCc1n[nH]c(=S)n1C. The minimum atomic E-state index is -0.638. The van der Waals surface area contributed by atoms with Crippen molar-refractivity contribution < 1.29 is 9.59 Å². The van der Waals surface area contributed by atoms with Gasteiger partial charge in [0.2, 0.25) is 5.91 Å². The molecule has 0 fully saturated rings. The molecule has 2 amide bonds. The Balaban J connectivity index is 1.94. The number of benzene rings is 1. The van der Waals surface area contributed by atoms with Gasteiger partial charge in [-0.15, -0.1) is 0 Å². The zero-order valence-corrected chi connectivity index (χ0v) is 16.4. The standard InChI is InChI=1S/C17H22ClN5O2S/c1-10(2)14(20-15(24)11-4-6-12(18)7-5-11)16(25)19-9-8-13-21-22-17(26)23(13)3/h4-7,10,14H,8-9H2,1-3H3,(H,19,25)(H,20,24)(H,22,26). The van der Waals surface area contributed by atoms with Gasteiger partial charge < -0.3 is 15.2 Å². The number of carbonyl (C=O) groups is 2. The fraction of sp³-hybridized carbons (Fsp3) is 0.412. The molecule has 26 heavy (non-hydrogen) atoms. The lowest BCUT2D eigenvalue weighted by molar-refractivity contribution is -0.123. The van der Waals surface area contributed by atoms with E-state index in [4.69, 9.17) is 23.8 Å². The molecule has 0 radical (unpaired) electrons. The Morgan fingerprint density at radius 3 is 2.50 bits per heavy atom. The second kappa shape index (κ2) is 8.95. The summed E-state index contributed by atoms with van der Waals surface area (Å²) >= 11 is 10.9. The van der Waals surface area contributed by atoms with Crippen LogP contribution in [0.15, 0.2) is 24.3 Å². The van der Waals surface area contributed by atoms with Gasteiger partial charge >= 0.3 is 0 Å². The highest BCUT2D eigenvalue weighted by molar-refractivity contribution is 7.71. The number of halogens is 1. The van der Waals surface area contributed by atoms with Crippen LogP contribution in [0.3, 0.4) is 0 Å². The van der Waals surface area contributed by atoms with Crippen LogP contribution in [0.25, 0.3) is 0 Å². The molecular formula is C17H22ClN5O2S. The van der Waals surface area contributed by atoms with Crippen molar-refractivity contribution in [3.8, 4) is 0 Å². The average Bonchev–Trinajstić information content (AvgIpc) is 2.91. The number of hydrogen-bond donors (Lipinski definition) is 3. The van der Waals surface area contributed by atoms with Crippen molar-refractivity contribution in [2.24, 2.45) is 13.0 Å². The molecule has 9 heteroatoms. The Hall–Kier alpha value is -2.19. The van der Waals surface area contributed by atoms with Crippen molar-refractivity contribution >= 4 is 35.6 Å². The number of H-pyrrole nitrogens is 1. The maximum atomic E-state index is 12.5. The monoisotopic (exact) mass is 395 g/mol. The quantitative estimate of drug-likeness (QED) is 0.627. The minimum absolute atomic E-state index is 0.0630. The first kappa shape index (κ1) is 20.1. The molecule has 0 aliphatic rings. The second-order valence-corrected chi connectivity index (χ2v) is 7.07. The molecule has 0 aliphatic carbocycles. The van der Waals surface area contributed by atoms with E-state index in [-0.39, 0.29) is 17.7 Å². The van der Waals surface area contributed by atoms with Gasteiger partial charge in [-0.05, 0) is 42.4 Å². The predicted octanol–water partition coefficient (Wildman–Crippen LogP) is 2.24. The average molecular weight is 396 g/mol. The van der Waals surface area contributed by atoms with E-state index in [2.05, 4.69) is 20.8 Å². The second-order valence-electron chi connectivity index (χ2n) is 6.25. The zero-order chi connectivity index (χ0) is 19.3. The molecule has 0 bridgehead atoms. The van der Waals surface area contributed by atoms with E-state index in [1.54, 1.807) is 28.8 Å². The third-order valence-electron chi connectivity index (χ3n) is 3.96. The lowest BCUT2D eigenvalue weighted by Gasteiger charge is -2.21. The predicted molar refractivity (Wildman–Crippen MR) is 103 cm³/mol. The van der Waals surface area contributed by atoms with Gasteiger partial charge in [0, 0.05) is 30.6 Å². The molecule has 0 saturated carbocycles. The maximum Gasteiger partial charge on any atom is 0.251 e. The van der Waals surface area contributed by atoms with Gasteiger partial charge in [-0.1, -0.05) is 25.4 Å². The van der Waals surface area contributed by atoms with Crippen molar-refractivity contribution in [1.29, 1.82) is 0 Å². The van der Waals surface area contributed by atoms with E-state index in [1.165, 1.54) is 0 Å². The van der Waals surface area contributed by atoms with Crippen molar-refractivity contribution in [3.05, 3.63) is 45.4 Å². The fourth-order valence-corrected chi connectivity index (χ4v) is 2.65. The van der Waals surface area contributed by atoms with Gasteiger partial charge in [0.25, 0.3) is 5.91 Å². The largest absolute Gasteiger partial charge is 0.354 e. The number of hydrogen-bond acceptors (Lipinski definition) is 4. The Bertz CT molecular complexity index is 828. The number of rotatable bonds is 7. The Labute approximate surface area is 162 Å². The summed E-state index contributed by atoms with van der Waals surface area (Å²) in [5, 5.41) is 13.0. The molecule has 140 valence electrons. The molecule has 1 heterocycles. The highest BCUT2D eigenvalue weighted by Gasteiger charge is 2.24. The normalized spacial score (nSPS) is 12.0. The summed E-state index contributed by atoms with van der Waals surface area (Å²) in [4.78, 5) is 24.8. The van der Waals surface area contributed by atoms with Gasteiger partial charge in [0.1, 0.15) is 11.9 Å². The number of nitrogens with one attached hydrogen (secondary N) is 3. The fourth-order valence-electron chi connectivity index (χ4n) is 2.37. The van der Waals surface area contributed by atoms with Gasteiger partial charge in [-0.2, -0.15) is 5.10 Å². The summed E-state index contributed by atoms with van der Waals surface area (Å²) in [5.41, 5.74) is 0.453. The number of nitrogens with zero attached hydrogens (tertiary/aromatic N) is 2. The highest BCUT2D eigenvalue weighted by Crippen LogP contribution is 2.10. The first-order chi connectivity index (χ1) is 12.3. The first-order valence-corrected chi connectivity index (χ1v) is 9.02. The third kappa shape index (κ3) is 5.15. The van der Waals surface area contributed by atoms with Crippen LogP contribution in [0.5, 0.6) is 0 Å². The van der Waals surface area contributed by atoms with Gasteiger partial charge in [0.15, 0.2) is 4.77 Å². The first-order valence-electron chi connectivity index (χ1n) is 8.24. The van der Waals surface area contributed by atoms with E-state index in [0.29, 0.717) is 28.3 Å². The number of amides is 2. The molecule has 1 atom stereocenters. The van der Waals surface area contributed by atoms with Gasteiger partial charge in [-0.25, -0.2) is 0 Å². The summed E-state index contributed by atoms with van der Waals surface area (Å²) in [6, 6.07) is 5.88. The number of carbonyl (C=O) groups excluding carboxylic acids is 2. The molecular weight excluding hydrogens is 374 g/mol. The van der Waals surface area contributed by atoms with Crippen LogP contribution in [-0.4, -0.2) is 39.2 Å². The Morgan fingerprint density at radius 2 is 1.96 bits per heavy atom. The summed E-state index contributed by atoms with van der Waals surface area (Å²) in [6.07, 6.45) is 0.533. The molecule has 1 aromatic carbocycles. The van der Waals surface area contributed by atoms with E-state index >= 15 is 0 Å². The van der Waals surface area contributed by atoms with Crippen molar-refractivity contribution in [3.63, 3.8) is 0 Å². The minimum Gasteiger partial charge on any atom is -0.354 e. The summed E-state index contributed by atoms with van der Waals surface area (Å²) in [7, 11) is 1.81. The number of aromatic nitrogens is 3. The Morgan fingerprint density at radius 1 is 1.31 bits per heavy atom. The van der Waals surface area contributed by atoms with Crippen molar-refractivity contribution in [1.82, 2.24) is 25.4 Å². The lowest BCUT2D eigenvalue weighted by Crippen LogP contribution is -2.50. The van der Waals surface area contributed by atoms with E-state index < -0.39 is 6.04 Å². The zero-order valence-electron chi connectivity index (χ0n) is 14.9. The van der Waals surface area contributed by atoms with Crippen LogP contribution < -0.4 is 10.6 Å². The topological polar surface area (TPSA) is 91.8 Å². The van der Waals surface area contributed by atoms with Gasteiger partial charge in [0.05, 0.1) is 0 Å².